The highest BCUT2D eigenvalue weighted by molar-refractivity contribution is 7.98. The molecule has 0 bridgehead atoms. The molecule has 24 heavy (non-hydrogen) atoms. The molecule has 1 amide bonds. The summed E-state index contributed by atoms with van der Waals surface area (Å²) in [7, 11) is -3.00. The third-order valence-electron chi connectivity index (χ3n) is 3.74. The number of hydrogen-bond donors (Lipinski definition) is 1. The van der Waals surface area contributed by atoms with Crippen molar-refractivity contribution in [3.05, 3.63) is 45.9 Å². The summed E-state index contributed by atoms with van der Waals surface area (Å²) in [5.74, 6) is 0.672. The summed E-state index contributed by atoms with van der Waals surface area (Å²) >= 11 is 3.18. The average molecular weight is 383 g/mol. The van der Waals surface area contributed by atoms with E-state index in [-0.39, 0.29) is 23.5 Å². The van der Waals surface area contributed by atoms with Crippen molar-refractivity contribution in [1.82, 2.24) is 10.3 Å². The molecule has 0 aliphatic carbocycles. The standard InChI is InChI=1S/C16H18N2O3S3/c1-11-17-13(8-22-11)9-23-15-5-3-2-4-14(15)16(19)18-12-6-7-24(20,21)10-12/h2-5,8,12H,6-7,9-10H2,1H3,(H,18,19). The Bertz CT molecular complexity index is 846. The van der Waals surface area contributed by atoms with Crippen LogP contribution in [-0.4, -0.2) is 36.9 Å². The Morgan fingerprint density at radius 3 is 2.88 bits per heavy atom. The van der Waals surface area contributed by atoms with Crippen molar-refractivity contribution in [1.29, 1.82) is 0 Å². The second-order valence-corrected chi connectivity index (χ2v) is 10.0. The lowest BCUT2D eigenvalue weighted by Crippen LogP contribution is -2.35. The molecule has 0 radical (unpaired) electrons. The van der Waals surface area contributed by atoms with Crippen LogP contribution in [0, 0.1) is 6.92 Å². The zero-order chi connectivity index (χ0) is 17.2. The van der Waals surface area contributed by atoms with Crippen molar-refractivity contribution in [3.8, 4) is 0 Å². The monoisotopic (exact) mass is 382 g/mol. The van der Waals surface area contributed by atoms with E-state index in [9.17, 15) is 13.2 Å². The molecule has 1 unspecified atom stereocenters. The molecule has 2 heterocycles. The highest BCUT2D eigenvalue weighted by atomic mass is 32.2. The molecule has 1 aliphatic rings. The summed E-state index contributed by atoms with van der Waals surface area (Å²) in [5.41, 5.74) is 1.58. The van der Waals surface area contributed by atoms with Gasteiger partial charge in [0.15, 0.2) is 9.84 Å². The number of thiazole rings is 1. The van der Waals surface area contributed by atoms with E-state index in [1.807, 2.05) is 30.5 Å². The summed E-state index contributed by atoms with van der Waals surface area (Å²) in [6, 6.07) is 7.10. The smallest absolute Gasteiger partial charge is 0.252 e. The predicted molar refractivity (Wildman–Crippen MR) is 97.4 cm³/mol. The van der Waals surface area contributed by atoms with Gasteiger partial charge in [0, 0.05) is 22.1 Å². The maximum atomic E-state index is 12.5. The third-order valence-corrected chi connectivity index (χ3v) is 7.44. The van der Waals surface area contributed by atoms with E-state index in [4.69, 9.17) is 0 Å². The number of nitrogens with one attached hydrogen (secondary N) is 1. The van der Waals surface area contributed by atoms with Gasteiger partial charge in [-0.05, 0) is 25.5 Å². The fourth-order valence-corrected chi connectivity index (χ4v) is 5.91. The fourth-order valence-electron chi connectivity index (χ4n) is 2.58. The van der Waals surface area contributed by atoms with Gasteiger partial charge in [0.25, 0.3) is 5.91 Å². The maximum Gasteiger partial charge on any atom is 0.252 e. The second kappa shape index (κ2) is 7.25. The first-order chi connectivity index (χ1) is 11.4. The van der Waals surface area contributed by atoms with Crippen molar-refractivity contribution in [2.45, 2.75) is 30.0 Å². The molecule has 1 fully saturated rings. The molecule has 1 atom stereocenters. The van der Waals surface area contributed by atoms with Gasteiger partial charge < -0.3 is 5.32 Å². The number of nitrogens with zero attached hydrogens (tertiary/aromatic N) is 1. The van der Waals surface area contributed by atoms with Crippen LogP contribution < -0.4 is 5.32 Å². The Hall–Kier alpha value is -1.38. The first-order valence-corrected chi connectivity index (χ1v) is 11.3. The summed E-state index contributed by atoms with van der Waals surface area (Å²) in [4.78, 5) is 17.8. The van der Waals surface area contributed by atoms with Crippen molar-refractivity contribution < 1.29 is 13.2 Å². The number of aryl methyl sites for hydroxylation is 1. The van der Waals surface area contributed by atoms with Crippen LogP contribution >= 0.6 is 23.1 Å². The van der Waals surface area contributed by atoms with Gasteiger partial charge >= 0.3 is 0 Å². The quantitative estimate of drug-likeness (QED) is 0.805. The minimum absolute atomic E-state index is 0.0339. The highest BCUT2D eigenvalue weighted by Gasteiger charge is 2.29. The largest absolute Gasteiger partial charge is 0.348 e. The Balaban J connectivity index is 1.68. The van der Waals surface area contributed by atoms with Crippen LogP contribution in [0.25, 0.3) is 0 Å². The van der Waals surface area contributed by atoms with Gasteiger partial charge in [0.2, 0.25) is 0 Å². The van der Waals surface area contributed by atoms with E-state index < -0.39 is 9.84 Å². The lowest BCUT2D eigenvalue weighted by atomic mass is 10.2. The summed E-state index contributed by atoms with van der Waals surface area (Å²) in [6.07, 6.45) is 0.488. The van der Waals surface area contributed by atoms with Crippen molar-refractivity contribution in [2.75, 3.05) is 11.5 Å². The summed E-state index contributed by atoms with van der Waals surface area (Å²) < 4.78 is 23.1. The number of sulfone groups is 1. The molecule has 1 aromatic carbocycles. The molecule has 1 aromatic heterocycles. The Morgan fingerprint density at radius 2 is 2.21 bits per heavy atom. The van der Waals surface area contributed by atoms with Gasteiger partial charge in [-0.15, -0.1) is 23.1 Å². The number of aromatic nitrogens is 1. The second-order valence-electron chi connectivity index (χ2n) is 5.72. The van der Waals surface area contributed by atoms with Gasteiger partial charge in [-0.3, -0.25) is 4.79 Å². The van der Waals surface area contributed by atoms with Crippen LogP contribution in [0.15, 0.2) is 34.5 Å². The van der Waals surface area contributed by atoms with E-state index in [0.717, 1.165) is 15.6 Å². The van der Waals surface area contributed by atoms with E-state index in [2.05, 4.69) is 10.3 Å². The topological polar surface area (TPSA) is 76.1 Å². The Labute approximate surface area is 149 Å². The molecule has 5 nitrogen and oxygen atoms in total. The van der Waals surface area contributed by atoms with Crippen molar-refractivity contribution >= 4 is 38.8 Å². The predicted octanol–water partition coefficient (Wildman–Crippen LogP) is 2.66. The molecule has 8 heteroatoms. The molecular formula is C16H18N2O3S3. The molecule has 1 N–H and O–H groups in total. The van der Waals surface area contributed by atoms with Crippen molar-refractivity contribution in [2.24, 2.45) is 0 Å². The fraction of sp³-hybridized carbons (Fsp3) is 0.375. The molecular weight excluding hydrogens is 364 g/mol. The number of benzene rings is 1. The van der Waals surface area contributed by atoms with Crippen LogP contribution in [0.1, 0.15) is 27.5 Å². The lowest BCUT2D eigenvalue weighted by molar-refractivity contribution is 0.0938. The number of thioether (sulfide) groups is 1. The first-order valence-electron chi connectivity index (χ1n) is 7.57. The minimum Gasteiger partial charge on any atom is -0.348 e. The lowest BCUT2D eigenvalue weighted by Gasteiger charge is -2.13. The number of carbonyl (C=O) groups excluding carboxylic acids is 1. The Morgan fingerprint density at radius 1 is 1.42 bits per heavy atom. The maximum absolute atomic E-state index is 12.5. The molecule has 1 aliphatic heterocycles. The van der Waals surface area contributed by atoms with Crippen LogP contribution in [0.5, 0.6) is 0 Å². The number of amides is 1. The summed E-state index contributed by atoms with van der Waals surface area (Å²) in [5, 5.41) is 5.90. The van der Waals surface area contributed by atoms with Crippen LogP contribution in [0.2, 0.25) is 0 Å². The first kappa shape index (κ1) is 17.4. The number of hydrogen-bond acceptors (Lipinski definition) is 6. The van der Waals surface area contributed by atoms with E-state index in [1.165, 1.54) is 0 Å². The Kier molecular flexibility index (Phi) is 5.27. The molecule has 0 saturated carbocycles. The zero-order valence-corrected chi connectivity index (χ0v) is 15.6. The van der Waals surface area contributed by atoms with E-state index >= 15 is 0 Å². The van der Waals surface area contributed by atoms with Gasteiger partial charge in [-0.25, -0.2) is 13.4 Å². The normalized spacial score (nSPS) is 19.3. The zero-order valence-electron chi connectivity index (χ0n) is 13.2. The van der Waals surface area contributed by atoms with Gasteiger partial charge in [-0.1, -0.05) is 12.1 Å². The minimum atomic E-state index is -3.00. The van der Waals surface area contributed by atoms with Crippen molar-refractivity contribution in [3.63, 3.8) is 0 Å². The van der Waals surface area contributed by atoms with Crippen LogP contribution in [-0.2, 0) is 15.6 Å². The van der Waals surface area contributed by atoms with E-state index in [0.29, 0.717) is 17.7 Å². The average Bonchev–Trinajstić information content (AvgIpc) is 3.10. The highest BCUT2D eigenvalue weighted by Crippen LogP contribution is 2.27. The third kappa shape index (κ3) is 4.37. The van der Waals surface area contributed by atoms with Gasteiger partial charge in [0.1, 0.15) is 0 Å². The molecule has 128 valence electrons. The summed E-state index contributed by atoms with van der Waals surface area (Å²) in [6.45, 7) is 1.97. The van der Waals surface area contributed by atoms with Crippen LogP contribution in [0.4, 0.5) is 0 Å². The number of carbonyl (C=O) groups is 1. The molecule has 2 aromatic rings. The molecule has 0 spiro atoms. The van der Waals surface area contributed by atoms with Gasteiger partial charge in [0.05, 0.1) is 27.8 Å². The van der Waals surface area contributed by atoms with Gasteiger partial charge in [-0.2, -0.15) is 0 Å². The number of rotatable bonds is 5. The van der Waals surface area contributed by atoms with Crippen LogP contribution in [0.3, 0.4) is 0 Å². The SMILES string of the molecule is Cc1nc(CSc2ccccc2C(=O)NC2CCS(=O)(=O)C2)cs1. The molecule has 1 saturated heterocycles. The van der Waals surface area contributed by atoms with E-state index in [1.54, 1.807) is 29.2 Å². The molecule has 3 rings (SSSR count).